The van der Waals surface area contributed by atoms with Gasteiger partial charge in [0.2, 0.25) is 5.96 Å². The second-order valence-corrected chi connectivity index (χ2v) is 9.41. The number of anilines is 1. The molecule has 9 heteroatoms. The first-order chi connectivity index (χ1) is 14.9. The van der Waals surface area contributed by atoms with Gasteiger partial charge in [-0.15, -0.1) is 5.10 Å². The lowest BCUT2D eigenvalue weighted by Crippen LogP contribution is -2.23. The number of aromatic nitrogens is 1. The van der Waals surface area contributed by atoms with Crippen LogP contribution in [0.2, 0.25) is 0 Å². The van der Waals surface area contributed by atoms with E-state index in [9.17, 15) is 8.42 Å². The van der Waals surface area contributed by atoms with Crippen molar-refractivity contribution in [2.75, 3.05) is 4.72 Å². The maximum atomic E-state index is 12.7. The van der Waals surface area contributed by atoms with Gasteiger partial charge in [-0.25, -0.2) is 8.42 Å². The number of aromatic amines is 1. The summed E-state index contributed by atoms with van der Waals surface area (Å²) in [5.41, 5.74) is 14.1. The fourth-order valence-corrected chi connectivity index (χ4v) is 5.12. The summed E-state index contributed by atoms with van der Waals surface area (Å²) in [5, 5.41) is 9.17. The summed E-state index contributed by atoms with van der Waals surface area (Å²) in [6.07, 6.45) is 7.41. The van der Waals surface area contributed by atoms with Gasteiger partial charge < -0.3 is 16.5 Å². The first-order valence-corrected chi connectivity index (χ1v) is 11.8. The van der Waals surface area contributed by atoms with Crippen LogP contribution in [-0.4, -0.2) is 25.1 Å². The molecule has 1 aromatic heterocycles. The lowest BCUT2D eigenvalue weighted by molar-refractivity contribution is 0.439. The molecular formula is C22H26N6O2S. The molecule has 8 nitrogen and oxygen atoms in total. The number of nitrogens with one attached hydrogen (secondary N) is 2. The normalized spacial score (nSPS) is 15.7. The molecule has 1 saturated carbocycles. The van der Waals surface area contributed by atoms with Crippen LogP contribution in [0.3, 0.4) is 0 Å². The molecule has 4 rings (SSSR count). The Morgan fingerprint density at radius 2 is 1.74 bits per heavy atom. The van der Waals surface area contributed by atoms with Gasteiger partial charge in [-0.3, -0.25) is 4.72 Å². The van der Waals surface area contributed by atoms with Crippen LogP contribution in [0, 0.1) is 5.92 Å². The fourth-order valence-electron chi connectivity index (χ4n) is 4.05. The third kappa shape index (κ3) is 4.72. The first-order valence-electron chi connectivity index (χ1n) is 10.3. The van der Waals surface area contributed by atoms with Gasteiger partial charge >= 0.3 is 0 Å². The van der Waals surface area contributed by atoms with E-state index in [-0.39, 0.29) is 16.8 Å². The van der Waals surface area contributed by atoms with Crippen molar-refractivity contribution >= 4 is 38.3 Å². The van der Waals surface area contributed by atoms with E-state index in [1.165, 1.54) is 6.42 Å². The second-order valence-electron chi connectivity index (χ2n) is 7.73. The molecule has 3 aromatic rings. The van der Waals surface area contributed by atoms with Crippen LogP contribution in [0.5, 0.6) is 0 Å². The molecule has 1 aliphatic carbocycles. The number of nitrogens with zero attached hydrogens (tertiary/aromatic N) is 2. The van der Waals surface area contributed by atoms with Gasteiger partial charge in [0.05, 0.1) is 10.6 Å². The Bertz CT molecular complexity index is 1220. The van der Waals surface area contributed by atoms with Crippen LogP contribution in [0.1, 0.15) is 37.7 Å². The van der Waals surface area contributed by atoms with Crippen molar-refractivity contribution in [2.45, 2.75) is 37.0 Å². The minimum atomic E-state index is -3.69. The molecule has 2 aromatic carbocycles. The Morgan fingerprint density at radius 1 is 1.00 bits per heavy atom. The SMILES string of the molecule is NC(N)=N/N=C(\c1c[nH]c2ccc(NS(=O)(=O)c3ccccc3)cc12)C1CCCCC1. The third-order valence-corrected chi connectivity index (χ3v) is 6.93. The molecule has 0 unspecified atom stereocenters. The predicted octanol–water partition coefficient (Wildman–Crippen LogP) is 3.53. The number of sulfonamides is 1. The summed E-state index contributed by atoms with van der Waals surface area (Å²) in [6.45, 7) is 0. The monoisotopic (exact) mass is 438 g/mol. The zero-order valence-corrected chi connectivity index (χ0v) is 17.9. The van der Waals surface area contributed by atoms with Crippen LogP contribution in [-0.2, 0) is 10.0 Å². The predicted molar refractivity (Wildman–Crippen MR) is 124 cm³/mol. The molecule has 0 atom stereocenters. The summed E-state index contributed by atoms with van der Waals surface area (Å²) < 4.78 is 28.1. The van der Waals surface area contributed by atoms with Crippen LogP contribution in [0.25, 0.3) is 10.9 Å². The molecule has 1 fully saturated rings. The number of guanidine groups is 1. The third-order valence-electron chi connectivity index (χ3n) is 5.53. The molecule has 0 bridgehead atoms. The molecular weight excluding hydrogens is 412 g/mol. The van der Waals surface area contributed by atoms with E-state index in [0.29, 0.717) is 5.69 Å². The smallest absolute Gasteiger partial charge is 0.261 e. The van der Waals surface area contributed by atoms with Gasteiger partial charge in [0.15, 0.2) is 0 Å². The topological polar surface area (TPSA) is 139 Å². The maximum Gasteiger partial charge on any atom is 0.261 e. The maximum absolute atomic E-state index is 12.7. The Morgan fingerprint density at radius 3 is 2.45 bits per heavy atom. The van der Waals surface area contributed by atoms with Crippen molar-refractivity contribution < 1.29 is 8.42 Å². The van der Waals surface area contributed by atoms with Crippen LogP contribution < -0.4 is 16.2 Å². The van der Waals surface area contributed by atoms with Gasteiger partial charge in [-0.1, -0.05) is 37.5 Å². The van der Waals surface area contributed by atoms with Gasteiger partial charge in [0.25, 0.3) is 10.0 Å². The van der Waals surface area contributed by atoms with Crippen molar-refractivity contribution in [3.63, 3.8) is 0 Å². The Hall–Kier alpha value is -3.33. The largest absolute Gasteiger partial charge is 0.369 e. The van der Waals surface area contributed by atoms with Crippen molar-refractivity contribution in [3.8, 4) is 0 Å². The minimum Gasteiger partial charge on any atom is -0.369 e. The van der Waals surface area contributed by atoms with E-state index in [1.807, 2.05) is 18.3 Å². The van der Waals surface area contributed by atoms with Crippen molar-refractivity contribution in [1.82, 2.24) is 4.98 Å². The molecule has 31 heavy (non-hydrogen) atoms. The van der Waals surface area contributed by atoms with Crippen molar-refractivity contribution in [1.29, 1.82) is 0 Å². The molecule has 162 valence electrons. The summed E-state index contributed by atoms with van der Waals surface area (Å²) in [7, 11) is -3.69. The summed E-state index contributed by atoms with van der Waals surface area (Å²) in [6, 6.07) is 13.7. The molecule has 0 radical (unpaired) electrons. The van der Waals surface area contributed by atoms with Gasteiger partial charge in [0, 0.05) is 34.3 Å². The highest BCUT2D eigenvalue weighted by molar-refractivity contribution is 7.92. The fraction of sp³-hybridized carbons (Fsp3) is 0.273. The van der Waals surface area contributed by atoms with E-state index in [4.69, 9.17) is 11.5 Å². The number of hydrogen-bond acceptors (Lipinski definition) is 4. The van der Waals surface area contributed by atoms with Gasteiger partial charge in [-0.2, -0.15) is 5.10 Å². The number of H-pyrrole nitrogens is 1. The highest BCUT2D eigenvalue weighted by Crippen LogP contribution is 2.32. The number of rotatable bonds is 6. The zero-order valence-electron chi connectivity index (χ0n) is 17.1. The molecule has 0 aliphatic heterocycles. The Balaban J connectivity index is 1.73. The quantitative estimate of drug-likeness (QED) is 0.266. The lowest BCUT2D eigenvalue weighted by Gasteiger charge is -2.22. The Kier molecular flexibility index (Phi) is 5.94. The summed E-state index contributed by atoms with van der Waals surface area (Å²) in [4.78, 5) is 3.46. The van der Waals surface area contributed by atoms with Crippen LogP contribution in [0.4, 0.5) is 5.69 Å². The van der Waals surface area contributed by atoms with Crippen LogP contribution >= 0.6 is 0 Å². The number of nitrogens with two attached hydrogens (primary N) is 2. The summed E-state index contributed by atoms with van der Waals surface area (Å²) >= 11 is 0. The van der Waals surface area contributed by atoms with Gasteiger partial charge in [0.1, 0.15) is 0 Å². The number of fused-ring (bicyclic) bond motifs is 1. The Labute approximate surface area is 181 Å². The van der Waals surface area contributed by atoms with E-state index in [1.54, 1.807) is 36.4 Å². The summed E-state index contributed by atoms with van der Waals surface area (Å²) in [5.74, 6) is 0.157. The standard InChI is InChI=1S/C22H26N6O2S/c23-22(24)27-26-21(15-7-3-1-4-8-15)19-14-25-20-12-11-16(13-18(19)20)28-31(29,30)17-9-5-2-6-10-17/h2,5-6,9-15,25,28H,1,3-4,7-8H2,(H4,23,24,27)/b26-21-. The van der Waals surface area contributed by atoms with Crippen molar-refractivity contribution in [3.05, 3.63) is 60.3 Å². The number of benzene rings is 2. The highest BCUT2D eigenvalue weighted by Gasteiger charge is 2.24. The van der Waals surface area contributed by atoms with E-state index in [2.05, 4.69) is 19.9 Å². The van der Waals surface area contributed by atoms with E-state index < -0.39 is 10.0 Å². The minimum absolute atomic E-state index is 0.0931. The molecule has 1 heterocycles. The number of hydrogen-bond donors (Lipinski definition) is 4. The van der Waals surface area contributed by atoms with E-state index >= 15 is 0 Å². The highest BCUT2D eigenvalue weighted by atomic mass is 32.2. The second kappa shape index (κ2) is 8.81. The molecule has 0 amide bonds. The lowest BCUT2D eigenvalue weighted by atomic mass is 9.83. The first kappa shape index (κ1) is 20.9. The molecule has 0 spiro atoms. The average molecular weight is 439 g/mol. The molecule has 0 saturated heterocycles. The van der Waals surface area contributed by atoms with Crippen LogP contribution in [0.15, 0.2) is 69.8 Å². The van der Waals surface area contributed by atoms with Crippen molar-refractivity contribution in [2.24, 2.45) is 27.6 Å². The zero-order chi connectivity index (χ0) is 21.8. The molecule has 6 N–H and O–H groups in total. The average Bonchev–Trinajstić information content (AvgIpc) is 3.18. The van der Waals surface area contributed by atoms with Gasteiger partial charge in [-0.05, 0) is 43.2 Å². The van der Waals surface area contributed by atoms with E-state index in [0.717, 1.165) is 47.9 Å². The molecule has 1 aliphatic rings.